The van der Waals surface area contributed by atoms with Crippen molar-refractivity contribution in [2.75, 3.05) is 44.2 Å². The molecule has 5 rings (SSSR count). The number of benzene rings is 3. The van der Waals surface area contributed by atoms with Crippen molar-refractivity contribution in [2.45, 2.75) is 46.1 Å². The van der Waals surface area contributed by atoms with Crippen molar-refractivity contribution < 1.29 is 9.59 Å². The normalized spacial score (nSPS) is 18.0. The standard InChI is InChI=1S/C36H39N5O2/c1-26-19-27(2)33(36(43)41-17-15-40(16-18-41)34-13-6-5-12-31(34)23-38)21-32(26)24-39-14-8-7-10-29(35(42)25-39)20-28-9-3-4-11-30(28)22-37/h3-6,9,11-13,19,21,29H,7-8,10,14-18,20,24-25H2,1-2H3. The SMILES string of the molecule is Cc1cc(C)c(C(=O)N2CCN(c3ccccc3C#N)CC2)cc1CN1CCCCC(Cc2ccccc2C#N)C(=O)C1. The third-order valence-electron chi connectivity index (χ3n) is 8.96. The maximum atomic E-state index is 13.7. The van der Waals surface area contributed by atoms with E-state index >= 15 is 0 Å². The number of rotatable bonds is 6. The maximum absolute atomic E-state index is 13.7. The van der Waals surface area contributed by atoms with Crippen LogP contribution in [0, 0.1) is 42.4 Å². The number of nitriles is 2. The number of aryl methyl sites for hydroxylation is 2. The zero-order valence-electron chi connectivity index (χ0n) is 25.2. The van der Waals surface area contributed by atoms with Crippen LogP contribution in [0.4, 0.5) is 5.69 Å². The number of nitrogens with zero attached hydrogens (tertiary/aromatic N) is 5. The van der Waals surface area contributed by atoms with E-state index < -0.39 is 0 Å². The molecule has 2 fully saturated rings. The van der Waals surface area contributed by atoms with E-state index in [-0.39, 0.29) is 17.6 Å². The molecule has 220 valence electrons. The van der Waals surface area contributed by atoms with Gasteiger partial charge in [0.05, 0.1) is 29.4 Å². The molecule has 7 nitrogen and oxygen atoms in total. The van der Waals surface area contributed by atoms with Crippen molar-refractivity contribution in [2.24, 2.45) is 5.92 Å². The second-order valence-corrected chi connectivity index (χ2v) is 11.8. The van der Waals surface area contributed by atoms with Crippen LogP contribution in [0.25, 0.3) is 0 Å². The van der Waals surface area contributed by atoms with Gasteiger partial charge in [-0.05, 0) is 86.2 Å². The molecule has 3 aromatic rings. The van der Waals surface area contributed by atoms with Crippen molar-refractivity contribution >= 4 is 17.4 Å². The third kappa shape index (κ3) is 6.96. The smallest absolute Gasteiger partial charge is 0.254 e. The van der Waals surface area contributed by atoms with Crippen LogP contribution >= 0.6 is 0 Å². The van der Waals surface area contributed by atoms with Gasteiger partial charge in [-0.1, -0.05) is 42.8 Å². The van der Waals surface area contributed by atoms with Crippen LogP contribution < -0.4 is 4.90 Å². The molecule has 2 aliphatic heterocycles. The quantitative estimate of drug-likeness (QED) is 0.391. The lowest BCUT2D eigenvalue weighted by Gasteiger charge is -2.36. The van der Waals surface area contributed by atoms with Gasteiger partial charge in [0.2, 0.25) is 0 Å². The number of Topliss-reactive ketones (excluding diaryl/α,β-unsaturated/α-hetero) is 1. The van der Waals surface area contributed by atoms with E-state index in [0.717, 1.165) is 59.3 Å². The van der Waals surface area contributed by atoms with Gasteiger partial charge in [0.1, 0.15) is 11.9 Å². The first kappa shape index (κ1) is 30.0. The van der Waals surface area contributed by atoms with E-state index in [2.05, 4.69) is 34.9 Å². The molecule has 1 atom stereocenters. The Balaban J connectivity index is 1.26. The lowest BCUT2D eigenvalue weighted by Crippen LogP contribution is -2.49. The summed E-state index contributed by atoms with van der Waals surface area (Å²) in [6, 6.07) is 23.9. The highest BCUT2D eigenvalue weighted by Gasteiger charge is 2.27. The Hall–Kier alpha value is -4.46. The Labute approximate surface area is 254 Å². The largest absolute Gasteiger partial charge is 0.367 e. The number of hydrogen-bond acceptors (Lipinski definition) is 6. The van der Waals surface area contributed by atoms with Crippen LogP contribution in [0.15, 0.2) is 60.7 Å². The molecule has 3 aromatic carbocycles. The van der Waals surface area contributed by atoms with Gasteiger partial charge < -0.3 is 9.80 Å². The highest BCUT2D eigenvalue weighted by molar-refractivity contribution is 5.96. The number of hydrogen-bond donors (Lipinski definition) is 0. The number of carbonyl (C=O) groups is 2. The van der Waals surface area contributed by atoms with Crippen molar-refractivity contribution in [3.8, 4) is 12.1 Å². The third-order valence-corrected chi connectivity index (χ3v) is 8.96. The number of para-hydroxylation sites is 1. The predicted molar refractivity (Wildman–Crippen MR) is 168 cm³/mol. The Morgan fingerprint density at radius 3 is 2.28 bits per heavy atom. The fourth-order valence-corrected chi connectivity index (χ4v) is 6.44. The van der Waals surface area contributed by atoms with E-state index in [1.807, 2.05) is 66.4 Å². The summed E-state index contributed by atoms with van der Waals surface area (Å²) in [6.45, 7) is 8.46. The van der Waals surface area contributed by atoms with Gasteiger partial charge in [-0.25, -0.2) is 0 Å². The summed E-state index contributed by atoms with van der Waals surface area (Å²) in [5, 5.41) is 19.0. The molecule has 0 bridgehead atoms. The molecule has 0 aliphatic carbocycles. The van der Waals surface area contributed by atoms with Gasteiger partial charge in [-0.15, -0.1) is 0 Å². The monoisotopic (exact) mass is 573 g/mol. The fourth-order valence-electron chi connectivity index (χ4n) is 6.44. The minimum absolute atomic E-state index is 0.0342. The van der Waals surface area contributed by atoms with Crippen molar-refractivity contribution in [1.29, 1.82) is 10.5 Å². The van der Waals surface area contributed by atoms with E-state index in [4.69, 9.17) is 0 Å². The molecule has 7 heteroatoms. The average Bonchev–Trinajstić information content (AvgIpc) is 3.02. The minimum atomic E-state index is -0.0904. The summed E-state index contributed by atoms with van der Waals surface area (Å²) in [5.74, 6) is 0.170. The molecule has 1 amide bonds. The van der Waals surface area contributed by atoms with Crippen molar-refractivity contribution in [3.63, 3.8) is 0 Å². The second kappa shape index (κ2) is 13.7. The number of piperazine rings is 1. The molecule has 2 saturated heterocycles. The molecule has 0 N–H and O–H groups in total. The lowest BCUT2D eigenvalue weighted by atomic mass is 9.87. The number of carbonyl (C=O) groups excluding carboxylic acids is 2. The molecule has 0 saturated carbocycles. The molecule has 43 heavy (non-hydrogen) atoms. The second-order valence-electron chi connectivity index (χ2n) is 11.8. The first-order valence-electron chi connectivity index (χ1n) is 15.2. The van der Waals surface area contributed by atoms with Gasteiger partial charge >= 0.3 is 0 Å². The molecule has 1 unspecified atom stereocenters. The first-order valence-corrected chi connectivity index (χ1v) is 15.2. The number of anilines is 1. The topological polar surface area (TPSA) is 91.4 Å². The summed E-state index contributed by atoms with van der Waals surface area (Å²) in [7, 11) is 0. The van der Waals surface area contributed by atoms with Gasteiger partial charge in [-0.3, -0.25) is 14.5 Å². The Morgan fingerprint density at radius 2 is 1.53 bits per heavy atom. The maximum Gasteiger partial charge on any atom is 0.254 e. The summed E-state index contributed by atoms with van der Waals surface area (Å²) in [5.41, 5.74) is 7.06. The van der Waals surface area contributed by atoms with Crippen LogP contribution in [0.3, 0.4) is 0 Å². The summed E-state index contributed by atoms with van der Waals surface area (Å²) >= 11 is 0. The summed E-state index contributed by atoms with van der Waals surface area (Å²) in [6.07, 6.45) is 3.45. The summed E-state index contributed by atoms with van der Waals surface area (Å²) < 4.78 is 0. The molecular weight excluding hydrogens is 534 g/mol. The van der Waals surface area contributed by atoms with Crippen molar-refractivity contribution in [1.82, 2.24) is 9.80 Å². The number of ketones is 1. The Morgan fingerprint density at radius 1 is 0.837 bits per heavy atom. The molecule has 0 radical (unpaired) electrons. The van der Waals surface area contributed by atoms with Crippen LogP contribution in [0.5, 0.6) is 0 Å². The highest BCUT2D eigenvalue weighted by atomic mass is 16.2. The number of likely N-dealkylation sites (tertiary alicyclic amines) is 1. The van der Waals surface area contributed by atoms with Gasteiger partial charge in [0.15, 0.2) is 0 Å². The van der Waals surface area contributed by atoms with E-state index in [1.165, 1.54) is 0 Å². The van der Waals surface area contributed by atoms with E-state index in [1.54, 1.807) is 0 Å². The molecular formula is C36H39N5O2. The molecule has 2 aliphatic rings. The van der Waals surface area contributed by atoms with Crippen LogP contribution in [0.1, 0.15) is 63.0 Å². The fraction of sp³-hybridized carbons (Fsp3) is 0.389. The lowest BCUT2D eigenvalue weighted by molar-refractivity contribution is -0.125. The molecule has 0 aromatic heterocycles. The minimum Gasteiger partial charge on any atom is -0.367 e. The Kier molecular flexibility index (Phi) is 9.55. The number of amides is 1. The van der Waals surface area contributed by atoms with Gasteiger partial charge in [-0.2, -0.15) is 10.5 Å². The zero-order valence-corrected chi connectivity index (χ0v) is 25.2. The van der Waals surface area contributed by atoms with Gasteiger partial charge in [0.25, 0.3) is 5.91 Å². The van der Waals surface area contributed by atoms with E-state index in [9.17, 15) is 20.1 Å². The highest BCUT2D eigenvalue weighted by Crippen LogP contribution is 2.26. The van der Waals surface area contributed by atoms with E-state index in [0.29, 0.717) is 56.8 Å². The van der Waals surface area contributed by atoms with Gasteiger partial charge in [0, 0.05) is 44.2 Å². The summed E-state index contributed by atoms with van der Waals surface area (Å²) in [4.78, 5) is 33.5. The van der Waals surface area contributed by atoms with Crippen LogP contribution in [-0.2, 0) is 17.8 Å². The zero-order chi connectivity index (χ0) is 30.3. The van der Waals surface area contributed by atoms with Crippen LogP contribution in [0.2, 0.25) is 0 Å². The first-order chi connectivity index (χ1) is 20.9. The average molecular weight is 574 g/mol. The predicted octanol–water partition coefficient (Wildman–Crippen LogP) is 5.42. The molecule has 2 heterocycles. The van der Waals surface area contributed by atoms with Crippen LogP contribution in [-0.4, -0.2) is 60.8 Å². The van der Waals surface area contributed by atoms with Crippen molar-refractivity contribution in [3.05, 3.63) is 99.6 Å². The molecule has 0 spiro atoms. The Bertz CT molecular complexity index is 1580.